The third-order valence-electron chi connectivity index (χ3n) is 4.47. The fourth-order valence-electron chi connectivity index (χ4n) is 3.32. The van der Waals surface area contributed by atoms with Crippen LogP contribution in [-0.2, 0) is 16.6 Å². The quantitative estimate of drug-likeness (QED) is 0.604. The maximum Gasteiger partial charge on any atom is 0.245 e. The Kier molecular flexibility index (Phi) is 5.66. The smallest absolute Gasteiger partial charge is 0.245 e. The summed E-state index contributed by atoms with van der Waals surface area (Å²) < 4.78 is 29.3. The van der Waals surface area contributed by atoms with Gasteiger partial charge in [-0.2, -0.15) is 4.31 Å². The molecule has 150 valence electrons. The van der Waals surface area contributed by atoms with Crippen LogP contribution in [0.1, 0.15) is 33.5 Å². The monoisotopic (exact) mass is 402 g/mol. The van der Waals surface area contributed by atoms with Gasteiger partial charge in [0.25, 0.3) is 0 Å². The Morgan fingerprint density at radius 2 is 1.75 bits per heavy atom. The molecule has 3 rings (SSSR count). The van der Waals surface area contributed by atoms with Crippen molar-refractivity contribution in [2.75, 3.05) is 11.9 Å². The van der Waals surface area contributed by atoms with Crippen LogP contribution in [0.5, 0.6) is 0 Å². The fourth-order valence-corrected chi connectivity index (χ4v) is 5.10. The van der Waals surface area contributed by atoms with E-state index in [1.807, 2.05) is 68.4 Å². The first-order valence-electron chi connectivity index (χ1n) is 9.21. The number of aromatic nitrogens is 4. The van der Waals surface area contributed by atoms with Crippen LogP contribution >= 0.6 is 0 Å². The van der Waals surface area contributed by atoms with Gasteiger partial charge in [-0.15, -0.1) is 10.2 Å². The zero-order valence-corrected chi connectivity index (χ0v) is 17.6. The van der Waals surface area contributed by atoms with E-state index >= 15 is 0 Å². The summed E-state index contributed by atoms with van der Waals surface area (Å²) in [6.07, 6.45) is 3.33. The molecule has 0 radical (unpaired) electrons. The summed E-state index contributed by atoms with van der Waals surface area (Å²) in [4.78, 5) is 6.47. The zero-order chi connectivity index (χ0) is 20.5. The van der Waals surface area contributed by atoms with Gasteiger partial charge >= 0.3 is 0 Å². The molecule has 0 aliphatic rings. The van der Waals surface area contributed by atoms with Crippen LogP contribution in [0, 0.1) is 0 Å². The molecule has 0 aliphatic carbocycles. The Bertz CT molecular complexity index is 1040. The number of fused-ring (bicyclic) bond motifs is 1. The summed E-state index contributed by atoms with van der Waals surface area (Å²) in [5.74, 6) is 1.44. The fraction of sp³-hybridized carbons (Fsp3) is 0.421. The van der Waals surface area contributed by atoms with Gasteiger partial charge < -0.3 is 4.90 Å². The maximum absolute atomic E-state index is 12.9. The van der Waals surface area contributed by atoms with Gasteiger partial charge in [-0.25, -0.2) is 13.4 Å². The van der Waals surface area contributed by atoms with Gasteiger partial charge in [-0.3, -0.25) is 4.40 Å². The highest BCUT2D eigenvalue weighted by atomic mass is 32.2. The molecule has 0 saturated heterocycles. The van der Waals surface area contributed by atoms with Gasteiger partial charge in [-0.05, 0) is 52.0 Å². The van der Waals surface area contributed by atoms with Crippen molar-refractivity contribution in [2.45, 2.75) is 51.2 Å². The van der Waals surface area contributed by atoms with Gasteiger partial charge in [-0.1, -0.05) is 6.07 Å². The molecule has 9 heteroatoms. The second kappa shape index (κ2) is 7.84. The number of hydrogen-bond acceptors (Lipinski definition) is 6. The zero-order valence-electron chi connectivity index (χ0n) is 16.8. The Morgan fingerprint density at radius 3 is 2.36 bits per heavy atom. The van der Waals surface area contributed by atoms with Crippen molar-refractivity contribution in [2.24, 2.45) is 0 Å². The largest absolute Gasteiger partial charge is 0.352 e. The summed E-state index contributed by atoms with van der Waals surface area (Å²) in [5, 5.41) is 8.37. The Balaban J connectivity index is 1.82. The van der Waals surface area contributed by atoms with E-state index in [4.69, 9.17) is 0 Å². The Labute approximate surface area is 165 Å². The van der Waals surface area contributed by atoms with Crippen LogP contribution < -0.4 is 4.90 Å². The van der Waals surface area contributed by atoms with E-state index in [0.29, 0.717) is 12.4 Å². The van der Waals surface area contributed by atoms with Crippen molar-refractivity contribution >= 4 is 21.5 Å². The normalized spacial score (nSPS) is 12.4. The van der Waals surface area contributed by atoms with Crippen molar-refractivity contribution in [1.29, 1.82) is 0 Å². The average Bonchev–Trinajstić information content (AvgIpc) is 3.04. The molecule has 0 saturated carbocycles. The number of anilines is 1. The number of hydrogen-bond donors (Lipinski definition) is 0. The van der Waals surface area contributed by atoms with Gasteiger partial charge in [0.15, 0.2) is 11.5 Å². The summed E-state index contributed by atoms with van der Waals surface area (Å²) >= 11 is 0. The van der Waals surface area contributed by atoms with Gasteiger partial charge in [0.2, 0.25) is 10.0 Å². The molecule has 0 aromatic carbocycles. The molecule has 0 atom stereocenters. The van der Waals surface area contributed by atoms with Crippen LogP contribution in [0.25, 0.3) is 5.65 Å². The highest BCUT2D eigenvalue weighted by molar-refractivity contribution is 7.89. The number of sulfonamides is 1. The molecule has 3 heterocycles. The van der Waals surface area contributed by atoms with Crippen LogP contribution in [-0.4, -0.2) is 51.4 Å². The highest BCUT2D eigenvalue weighted by Crippen LogP contribution is 2.22. The van der Waals surface area contributed by atoms with E-state index in [1.165, 1.54) is 10.5 Å². The number of rotatable bonds is 7. The van der Waals surface area contributed by atoms with Crippen molar-refractivity contribution in [1.82, 2.24) is 23.9 Å². The predicted octanol–water partition coefficient (Wildman–Crippen LogP) is 2.57. The molecule has 0 aliphatic heterocycles. The first-order valence-corrected chi connectivity index (χ1v) is 10.6. The van der Waals surface area contributed by atoms with E-state index < -0.39 is 10.0 Å². The molecule has 0 amide bonds. The van der Waals surface area contributed by atoms with Crippen LogP contribution in [0.15, 0.2) is 47.6 Å². The third kappa shape index (κ3) is 3.85. The summed E-state index contributed by atoms with van der Waals surface area (Å²) in [6.45, 7) is 7.98. The average molecular weight is 403 g/mol. The molecule has 0 N–H and O–H groups in total. The predicted molar refractivity (Wildman–Crippen MR) is 109 cm³/mol. The molecule has 0 unspecified atom stereocenters. The molecule has 3 aromatic heterocycles. The number of pyridine rings is 2. The van der Waals surface area contributed by atoms with Gasteiger partial charge in [0, 0.05) is 31.5 Å². The summed E-state index contributed by atoms with van der Waals surface area (Å²) in [5.41, 5.74) is 0.780. The first kappa shape index (κ1) is 20.2. The van der Waals surface area contributed by atoms with Crippen molar-refractivity contribution in [3.8, 4) is 0 Å². The van der Waals surface area contributed by atoms with E-state index in [1.54, 1.807) is 12.1 Å². The Morgan fingerprint density at radius 1 is 1.04 bits per heavy atom. The second-order valence-corrected chi connectivity index (χ2v) is 9.12. The molecule has 0 fully saturated rings. The summed E-state index contributed by atoms with van der Waals surface area (Å²) in [7, 11) is -1.71. The minimum absolute atomic E-state index is 0.131. The van der Waals surface area contributed by atoms with Gasteiger partial charge in [0.1, 0.15) is 10.7 Å². The van der Waals surface area contributed by atoms with E-state index in [9.17, 15) is 8.42 Å². The van der Waals surface area contributed by atoms with E-state index in [2.05, 4.69) is 15.2 Å². The van der Waals surface area contributed by atoms with Crippen molar-refractivity contribution in [3.05, 3.63) is 48.5 Å². The first-order chi connectivity index (χ1) is 13.2. The molecule has 28 heavy (non-hydrogen) atoms. The highest BCUT2D eigenvalue weighted by Gasteiger charge is 2.29. The summed E-state index contributed by atoms with van der Waals surface area (Å²) in [6, 6.07) is 8.79. The molecule has 8 nitrogen and oxygen atoms in total. The lowest BCUT2D eigenvalue weighted by atomic mass is 10.3. The lowest BCUT2D eigenvalue weighted by molar-refractivity contribution is 0.302. The van der Waals surface area contributed by atoms with Crippen LogP contribution in [0.3, 0.4) is 0 Å². The van der Waals surface area contributed by atoms with E-state index in [-0.39, 0.29) is 17.0 Å². The standard InChI is InChI=1S/C19H26N6O2S/c1-14(2)25(15(3)4)28(26,27)16-9-10-17(20-12-16)23(5)13-19-22-21-18-8-6-7-11-24(18)19/h6-12,14-15H,13H2,1-5H3. The topological polar surface area (TPSA) is 83.7 Å². The third-order valence-corrected chi connectivity index (χ3v) is 6.70. The lowest BCUT2D eigenvalue weighted by Crippen LogP contribution is -2.41. The molecular weight excluding hydrogens is 376 g/mol. The minimum atomic E-state index is -3.59. The SMILES string of the molecule is CC(C)N(C(C)C)S(=O)(=O)c1ccc(N(C)Cc2nnc3ccccn23)nc1. The second-order valence-electron chi connectivity index (χ2n) is 7.28. The molecule has 3 aromatic rings. The van der Waals surface area contributed by atoms with Gasteiger partial charge in [0.05, 0.1) is 6.54 Å². The minimum Gasteiger partial charge on any atom is -0.352 e. The Hall–Kier alpha value is -2.52. The van der Waals surface area contributed by atoms with Crippen LogP contribution in [0.4, 0.5) is 5.82 Å². The molecule has 0 spiro atoms. The van der Waals surface area contributed by atoms with E-state index in [0.717, 1.165) is 11.5 Å². The lowest BCUT2D eigenvalue weighted by Gasteiger charge is -2.29. The molecule has 0 bridgehead atoms. The molecular formula is C19H26N6O2S. The number of nitrogens with zero attached hydrogens (tertiary/aromatic N) is 6. The maximum atomic E-state index is 12.9. The van der Waals surface area contributed by atoms with Crippen molar-refractivity contribution < 1.29 is 8.42 Å². The van der Waals surface area contributed by atoms with Crippen molar-refractivity contribution in [3.63, 3.8) is 0 Å². The van der Waals surface area contributed by atoms with Crippen LogP contribution in [0.2, 0.25) is 0 Å².